The minimum atomic E-state index is -3.43. The summed E-state index contributed by atoms with van der Waals surface area (Å²) in [6, 6.07) is 8.11. The van der Waals surface area contributed by atoms with Crippen LogP contribution in [0.4, 0.5) is 20.2 Å². The van der Waals surface area contributed by atoms with Gasteiger partial charge in [0.05, 0.1) is 16.3 Å². The SMILES string of the molecule is CS(=O)(=O)c1cccc(NCc2ccc(F)c(F)c2)c1N. The topological polar surface area (TPSA) is 72.2 Å². The zero-order valence-corrected chi connectivity index (χ0v) is 12.0. The summed E-state index contributed by atoms with van der Waals surface area (Å²) in [5.74, 6) is -1.86. The van der Waals surface area contributed by atoms with Gasteiger partial charge in [-0.25, -0.2) is 17.2 Å². The van der Waals surface area contributed by atoms with Crippen LogP contribution in [0.25, 0.3) is 0 Å². The Morgan fingerprint density at radius 1 is 1.14 bits per heavy atom. The van der Waals surface area contributed by atoms with Crippen LogP contribution in [0.2, 0.25) is 0 Å². The molecule has 21 heavy (non-hydrogen) atoms. The highest BCUT2D eigenvalue weighted by atomic mass is 32.2. The zero-order valence-electron chi connectivity index (χ0n) is 11.2. The highest BCUT2D eigenvalue weighted by Crippen LogP contribution is 2.27. The van der Waals surface area contributed by atoms with Gasteiger partial charge in [0.1, 0.15) is 0 Å². The zero-order chi connectivity index (χ0) is 15.6. The van der Waals surface area contributed by atoms with Gasteiger partial charge in [0.25, 0.3) is 0 Å². The van der Waals surface area contributed by atoms with E-state index in [1.54, 1.807) is 12.1 Å². The quantitative estimate of drug-likeness (QED) is 0.851. The van der Waals surface area contributed by atoms with Gasteiger partial charge in [0.2, 0.25) is 0 Å². The van der Waals surface area contributed by atoms with Gasteiger partial charge in [-0.2, -0.15) is 0 Å². The molecular weight excluding hydrogens is 298 g/mol. The van der Waals surface area contributed by atoms with Gasteiger partial charge in [-0.15, -0.1) is 0 Å². The fourth-order valence-corrected chi connectivity index (χ4v) is 2.70. The van der Waals surface area contributed by atoms with Gasteiger partial charge in [-0.05, 0) is 29.8 Å². The normalized spacial score (nSPS) is 11.4. The third-order valence-corrected chi connectivity index (χ3v) is 4.09. The number of benzene rings is 2. The van der Waals surface area contributed by atoms with Gasteiger partial charge in [0.15, 0.2) is 21.5 Å². The molecule has 0 unspecified atom stereocenters. The fraction of sp³-hybridized carbons (Fsp3) is 0.143. The number of nitrogens with two attached hydrogens (primary N) is 1. The molecule has 3 N–H and O–H groups in total. The van der Waals surface area contributed by atoms with Crippen LogP contribution in [0.15, 0.2) is 41.3 Å². The molecule has 112 valence electrons. The molecule has 2 aromatic rings. The Morgan fingerprint density at radius 3 is 2.48 bits per heavy atom. The van der Waals surface area contributed by atoms with E-state index in [9.17, 15) is 17.2 Å². The number of hydrogen-bond donors (Lipinski definition) is 2. The minimum absolute atomic E-state index is 0.0257. The van der Waals surface area contributed by atoms with E-state index in [-0.39, 0.29) is 17.1 Å². The van der Waals surface area contributed by atoms with Gasteiger partial charge in [-0.3, -0.25) is 0 Å². The molecule has 0 aliphatic carbocycles. The highest BCUT2D eigenvalue weighted by molar-refractivity contribution is 7.90. The molecule has 7 heteroatoms. The fourth-order valence-electron chi connectivity index (χ4n) is 1.87. The second kappa shape index (κ2) is 5.69. The summed E-state index contributed by atoms with van der Waals surface area (Å²) in [6.45, 7) is 0.189. The largest absolute Gasteiger partial charge is 0.396 e. The second-order valence-electron chi connectivity index (χ2n) is 4.59. The van der Waals surface area contributed by atoms with Crippen LogP contribution in [0.5, 0.6) is 0 Å². The van der Waals surface area contributed by atoms with Crippen LogP contribution in [-0.4, -0.2) is 14.7 Å². The molecule has 2 rings (SSSR count). The predicted octanol–water partition coefficient (Wildman–Crippen LogP) is 2.56. The molecule has 0 bridgehead atoms. The number of hydrogen-bond acceptors (Lipinski definition) is 4. The van der Waals surface area contributed by atoms with E-state index in [4.69, 9.17) is 5.73 Å². The Balaban J connectivity index is 2.23. The Bertz CT molecular complexity index is 777. The number of para-hydroxylation sites is 1. The molecule has 0 aliphatic heterocycles. The first-order valence-electron chi connectivity index (χ1n) is 6.05. The van der Waals surface area contributed by atoms with Crippen LogP contribution in [0.3, 0.4) is 0 Å². The molecule has 0 saturated heterocycles. The Morgan fingerprint density at radius 2 is 1.86 bits per heavy atom. The first-order valence-corrected chi connectivity index (χ1v) is 7.94. The van der Waals surface area contributed by atoms with Crippen LogP contribution in [-0.2, 0) is 16.4 Å². The van der Waals surface area contributed by atoms with E-state index >= 15 is 0 Å². The monoisotopic (exact) mass is 312 g/mol. The van der Waals surface area contributed by atoms with Gasteiger partial charge < -0.3 is 11.1 Å². The first-order chi connectivity index (χ1) is 9.79. The van der Waals surface area contributed by atoms with Crippen molar-refractivity contribution in [2.24, 2.45) is 0 Å². The number of rotatable bonds is 4. The van der Waals surface area contributed by atoms with Crippen molar-refractivity contribution in [3.8, 4) is 0 Å². The van der Waals surface area contributed by atoms with Crippen molar-refractivity contribution in [3.63, 3.8) is 0 Å². The van der Waals surface area contributed by atoms with Crippen molar-refractivity contribution in [3.05, 3.63) is 53.6 Å². The van der Waals surface area contributed by atoms with E-state index in [2.05, 4.69) is 5.32 Å². The predicted molar refractivity (Wildman–Crippen MR) is 77.6 cm³/mol. The van der Waals surface area contributed by atoms with E-state index in [0.29, 0.717) is 11.3 Å². The van der Waals surface area contributed by atoms with Crippen molar-refractivity contribution in [1.29, 1.82) is 0 Å². The Hall–Kier alpha value is -2.15. The molecule has 0 amide bonds. The molecule has 0 saturated carbocycles. The Kier molecular flexibility index (Phi) is 4.13. The summed E-state index contributed by atoms with van der Waals surface area (Å²) in [4.78, 5) is 0.0257. The summed E-state index contributed by atoms with van der Waals surface area (Å²) in [7, 11) is -3.43. The standard InChI is InChI=1S/C14H14F2N2O2S/c1-21(19,20)13-4-2-3-12(14(13)17)18-8-9-5-6-10(15)11(16)7-9/h2-7,18H,8,17H2,1H3. The maximum atomic E-state index is 13.1. The molecule has 0 atom stereocenters. The minimum Gasteiger partial charge on any atom is -0.396 e. The summed E-state index contributed by atoms with van der Waals surface area (Å²) in [5.41, 5.74) is 6.84. The summed E-state index contributed by atoms with van der Waals surface area (Å²) < 4.78 is 49.1. The van der Waals surface area contributed by atoms with E-state index in [0.717, 1.165) is 18.4 Å². The third kappa shape index (κ3) is 3.49. The van der Waals surface area contributed by atoms with Crippen LogP contribution >= 0.6 is 0 Å². The van der Waals surface area contributed by atoms with Crippen molar-refractivity contribution in [2.45, 2.75) is 11.4 Å². The van der Waals surface area contributed by atoms with Gasteiger partial charge in [-0.1, -0.05) is 12.1 Å². The molecule has 2 aromatic carbocycles. The summed E-state index contributed by atoms with van der Waals surface area (Å²) in [6.07, 6.45) is 1.07. The molecule has 0 fully saturated rings. The average molecular weight is 312 g/mol. The van der Waals surface area contributed by atoms with E-state index < -0.39 is 21.5 Å². The number of halogens is 2. The molecule has 0 aromatic heterocycles. The second-order valence-corrected chi connectivity index (χ2v) is 6.58. The van der Waals surface area contributed by atoms with Gasteiger partial charge >= 0.3 is 0 Å². The molecular formula is C14H14F2N2O2S. The lowest BCUT2D eigenvalue weighted by atomic mass is 10.2. The number of sulfone groups is 1. The number of anilines is 2. The first kappa shape index (κ1) is 15.2. The highest BCUT2D eigenvalue weighted by Gasteiger charge is 2.14. The number of nitrogen functional groups attached to an aromatic ring is 1. The van der Waals surface area contributed by atoms with Crippen LogP contribution in [0, 0.1) is 11.6 Å². The van der Waals surface area contributed by atoms with Crippen molar-refractivity contribution >= 4 is 21.2 Å². The number of nitrogens with one attached hydrogen (secondary N) is 1. The lowest BCUT2D eigenvalue weighted by molar-refractivity contribution is 0.507. The molecule has 0 aliphatic rings. The third-order valence-electron chi connectivity index (χ3n) is 2.93. The maximum absolute atomic E-state index is 13.1. The summed E-state index contributed by atoms with van der Waals surface area (Å²) in [5, 5.41) is 2.91. The lowest BCUT2D eigenvalue weighted by Crippen LogP contribution is -2.07. The lowest BCUT2D eigenvalue weighted by Gasteiger charge is -2.12. The van der Waals surface area contributed by atoms with Gasteiger partial charge in [0, 0.05) is 12.8 Å². The molecule has 0 heterocycles. The van der Waals surface area contributed by atoms with Crippen LogP contribution in [0.1, 0.15) is 5.56 Å². The van der Waals surface area contributed by atoms with Crippen LogP contribution < -0.4 is 11.1 Å². The van der Waals surface area contributed by atoms with E-state index in [1.165, 1.54) is 12.1 Å². The van der Waals surface area contributed by atoms with E-state index in [1.807, 2.05) is 0 Å². The molecule has 0 spiro atoms. The molecule has 4 nitrogen and oxygen atoms in total. The Labute approximate surface area is 121 Å². The van der Waals surface area contributed by atoms with Crippen molar-refractivity contribution in [2.75, 3.05) is 17.3 Å². The van der Waals surface area contributed by atoms with Crippen molar-refractivity contribution in [1.82, 2.24) is 0 Å². The van der Waals surface area contributed by atoms with Crippen molar-refractivity contribution < 1.29 is 17.2 Å². The maximum Gasteiger partial charge on any atom is 0.177 e. The summed E-state index contributed by atoms with van der Waals surface area (Å²) >= 11 is 0. The molecule has 0 radical (unpaired) electrons. The average Bonchev–Trinajstić information content (AvgIpc) is 2.40. The smallest absolute Gasteiger partial charge is 0.177 e.